The highest BCUT2D eigenvalue weighted by molar-refractivity contribution is 6.30. The molecule has 2 N–H and O–H groups in total. The standard InChI is InChI=1S/C10H11ClN2O/c1-14-10-3-2-7(11)6-8(10)9(13)4-5-12/h2-3,6,9H,4,13H2,1H3/t9-/m1/s1. The third-order valence-electron chi connectivity index (χ3n) is 1.90. The van der Waals surface area contributed by atoms with Gasteiger partial charge in [-0.1, -0.05) is 11.6 Å². The van der Waals surface area contributed by atoms with Crippen LogP contribution in [0.5, 0.6) is 5.75 Å². The molecule has 0 aliphatic heterocycles. The molecule has 0 heterocycles. The highest BCUT2D eigenvalue weighted by Gasteiger charge is 2.11. The van der Waals surface area contributed by atoms with E-state index in [-0.39, 0.29) is 12.5 Å². The molecular weight excluding hydrogens is 200 g/mol. The Balaban J connectivity index is 3.04. The van der Waals surface area contributed by atoms with Gasteiger partial charge in [0.25, 0.3) is 0 Å². The van der Waals surface area contributed by atoms with Gasteiger partial charge >= 0.3 is 0 Å². The Morgan fingerprint density at radius 2 is 2.36 bits per heavy atom. The fraction of sp³-hybridized carbons (Fsp3) is 0.300. The van der Waals surface area contributed by atoms with Gasteiger partial charge in [0, 0.05) is 16.6 Å². The zero-order valence-electron chi connectivity index (χ0n) is 7.83. The highest BCUT2D eigenvalue weighted by atomic mass is 35.5. The molecule has 4 heteroatoms. The number of benzene rings is 1. The van der Waals surface area contributed by atoms with Crippen LogP contribution in [-0.2, 0) is 0 Å². The van der Waals surface area contributed by atoms with Crippen molar-refractivity contribution in [3.05, 3.63) is 28.8 Å². The fourth-order valence-corrected chi connectivity index (χ4v) is 1.38. The average molecular weight is 211 g/mol. The minimum Gasteiger partial charge on any atom is -0.496 e. The summed E-state index contributed by atoms with van der Waals surface area (Å²) in [5.74, 6) is 0.664. The van der Waals surface area contributed by atoms with Crippen LogP contribution in [0, 0.1) is 11.3 Å². The van der Waals surface area contributed by atoms with Gasteiger partial charge in [-0.25, -0.2) is 0 Å². The molecule has 14 heavy (non-hydrogen) atoms. The summed E-state index contributed by atoms with van der Waals surface area (Å²) in [6, 6.07) is 6.85. The van der Waals surface area contributed by atoms with Gasteiger partial charge in [0.05, 0.1) is 19.6 Å². The molecule has 0 radical (unpaired) electrons. The molecule has 0 spiro atoms. The lowest BCUT2D eigenvalue weighted by Gasteiger charge is -2.13. The van der Waals surface area contributed by atoms with Crippen LogP contribution in [0.1, 0.15) is 18.0 Å². The Morgan fingerprint density at radius 3 is 2.93 bits per heavy atom. The summed E-state index contributed by atoms with van der Waals surface area (Å²) in [4.78, 5) is 0. The smallest absolute Gasteiger partial charge is 0.123 e. The number of nitrogens with zero attached hydrogens (tertiary/aromatic N) is 1. The Morgan fingerprint density at radius 1 is 1.64 bits per heavy atom. The first-order valence-electron chi connectivity index (χ1n) is 4.15. The molecule has 0 aliphatic carbocycles. The van der Waals surface area contributed by atoms with Crippen LogP contribution in [0.2, 0.25) is 5.02 Å². The summed E-state index contributed by atoms with van der Waals surface area (Å²) < 4.78 is 5.12. The first-order valence-corrected chi connectivity index (χ1v) is 4.52. The predicted octanol–water partition coefficient (Wildman–Crippen LogP) is 2.26. The number of ether oxygens (including phenoxy) is 1. The van der Waals surface area contributed by atoms with Gasteiger partial charge in [0.15, 0.2) is 0 Å². The van der Waals surface area contributed by atoms with Crippen molar-refractivity contribution in [3.63, 3.8) is 0 Å². The maximum absolute atomic E-state index is 8.53. The number of hydrogen-bond acceptors (Lipinski definition) is 3. The van der Waals surface area contributed by atoms with E-state index in [0.29, 0.717) is 10.8 Å². The van der Waals surface area contributed by atoms with Crippen molar-refractivity contribution in [2.24, 2.45) is 5.73 Å². The van der Waals surface area contributed by atoms with Crippen LogP contribution >= 0.6 is 11.6 Å². The number of methoxy groups -OCH3 is 1. The van der Waals surface area contributed by atoms with E-state index in [9.17, 15) is 0 Å². The number of rotatable bonds is 3. The summed E-state index contributed by atoms with van der Waals surface area (Å²) in [7, 11) is 1.56. The molecule has 1 atom stereocenters. The van der Waals surface area contributed by atoms with Crippen LogP contribution in [0.4, 0.5) is 0 Å². The maximum Gasteiger partial charge on any atom is 0.123 e. The predicted molar refractivity (Wildman–Crippen MR) is 55.2 cm³/mol. The molecule has 74 valence electrons. The molecule has 1 aromatic carbocycles. The molecule has 0 fully saturated rings. The lowest BCUT2D eigenvalue weighted by atomic mass is 10.0. The normalized spacial score (nSPS) is 11.9. The molecule has 1 aromatic rings. The zero-order valence-corrected chi connectivity index (χ0v) is 8.58. The molecular formula is C10H11ClN2O. The van der Waals surface area contributed by atoms with Crippen LogP contribution in [-0.4, -0.2) is 7.11 Å². The average Bonchev–Trinajstić information content (AvgIpc) is 2.18. The minimum absolute atomic E-state index is 0.247. The van der Waals surface area contributed by atoms with E-state index in [1.54, 1.807) is 25.3 Å². The van der Waals surface area contributed by atoms with Crippen molar-refractivity contribution < 1.29 is 4.74 Å². The van der Waals surface area contributed by atoms with E-state index in [1.165, 1.54) is 0 Å². The van der Waals surface area contributed by atoms with Crippen molar-refractivity contribution in [2.45, 2.75) is 12.5 Å². The Hall–Kier alpha value is -1.24. The van der Waals surface area contributed by atoms with Gasteiger partial charge in [-0.3, -0.25) is 0 Å². The third-order valence-corrected chi connectivity index (χ3v) is 2.14. The third kappa shape index (κ3) is 2.38. The van der Waals surface area contributed by atoms with Crippen molar-refractivity contribution in [3.8, 4) is 11.8 Å². The minimum atomic E-state index is -0.353. The van der Waals surface area contributed by atoms with Gasteiger partial charge < -0.3 is 10.5 Å². The fourth-order valence-electron chi connectivity index (χ4n) is 1.20. The molecule has 0 aromatic heterocycles. The summed E-state index contributed by atoms with van der Waals surface area (Å²) in [6.45, 7) is 0. The molecule has 0 unspecified atom stereocenters. The SMILES string of the molecule is COc1ccc(Cl)cc1[C@H](N)CC#N. The van der Waals surface area contributed by atoms with Gasteiger partial charge in [0.2, 0.25) is 0 Å². The van der Waals surface area contributed by atoms with E-state index in [4.69, 9.17) is 27.3 Å². The summed E-state index contributed by atoms with van der Waals surface area (Å²) in [5, 5.41) is 9.12. The van der Waals surface area contributed by atoms with Crippen molar-refractivity contribution in [1.82, 2.24) is 0 Å². The largest absolute Gasteiger partial charge is 0.496 e. The van der Waals surface area contributed by atoms with E-state index >= 15 is 0 Å². The highest BCUT2D eigenvalue weighted by Crippen LogP contribution is 2.28. The molecule has 1 rings (SSSR count). The lowest BCUT2D eigenvalue weighted by Crippen LogP contribution is -2.10. The quantitative estimate of drug-likeness (QED) is 0.833. The molecule has 0 amide bonds. The molecule has 0 saturated carbocycles. The topological polar surface area (TPSA) is 59.0 Å². The van der Waals surface area contributed by atoms with Crippen molar-refractivity contribution >= 4 is 11.6 Å². The van der Waals surface area contributed by atoms with E-state index in [1.807, 2.05) is 6.07 Å². The number of halogens is 1. The van der Waals surface area contributed by atoms with Crippen molar-refractivity contribution in [2.75, 3.05) is 7.11 Å². The van der Waals surface area contributed by atoms with E-state index < -0.39 is 0 Å². The van der Waals surface area contributed by atoms with Gasteiger partial charge in [-0.15, -0.1) is 0 Å². The molecule has 3 nitrogen and oxygen atoms in total. The van der Waals surface area contributed by atoms with Gasteiger partial charge in [-0.2, -0.15) is 5.26 Å². The monoisotopic (exact) mass is 210 g/mol. The Labute approximate surface area is 88.0 Å². The van der Waals surface area contributed by atoms with Crippen LogP contribution < -0.4 is 10.5 Å². The first kappa shape index (κ1) is 10.8. The second-order valence-electron chi connectivity index (χ2n) is 2.86. The summed E-state index contributed by atoms with van der Waals surface area (Å²) in [5.41, 5.74) is 6.55. The Kier molecular flexibility index (Phi) is 3.75. The maximum atomic E-state index is 8.53. The van der Waals surface area contributed by atoms with Crippen LogP contribution in [0.15, 0.2) is 18.2 Å². The molecule has 0 saturated heterocycles. The first-order chi connectivity index (χ1) is 6.69. The lowest BCUT2D eigenvalue weighted by molar-refractivity contribution is 0.406. The van der Waals surface area contributed by atoms with E-state index in [0.717, 1.165) is 5.56 Å². The molecule has 0 bridgehead atoms. The zero-order chi connectivity index (χ0) is 10.6. The number of nitriles is 1. The van der Waals surface area contributed by atoms with Crippen LogP contribution in [0.25, 0.3) is 0 Å². The van der Waals surface area contributed by atoms with Crippen LogP contribution in [0.3, 0.4) is 0 Å². The number of nitrogens with two attached hydrogens (primary N) is 1. The van der Waals surface area contributed by atoms with E-state index in [2.05, 4.69) is 0 Å². The molecule has 0 aliphatic rings. The van der Waals surface area contributed by atoms with Gasteiger partial charge in [0.1, 0.15) is 5.75 Å². The summed E-state index contributed by atoms with van der Waals surface area (Å²) in [6.07, 6.45) is 0.247. The Bertz CT molecular complexity index is 360. The second kappa shape index (κ2) is 4.85. The summed E-state index contributed by atoms with van der Waals surface area (Å²) >= 11 is 5.82. The van der Waals surface area contributed by atoms with Crippen molar-refractivity contribution in [1.29, 1.82) is 5.26 Å². The second-order valence-corrected chi connectivity index (χ2v) is 3.29. The number of hydrogen-bond donors (Lipinski definition) is 1. The van der Waals surface area contributed by atoms with Gasteiger partial charge in [-0.05, 0) is 18.2 Å².